The van der Waals surface area contributed by atoms with E-state index in [0.29, 0.717) is 12.0 Å². The second kappa shape index (κ2) is 8.22. The van der Waals surface area contributed by atoms with Crippen LogP contribution in [0, 0.1) is 0 Å². The van der Waals surface area contributed by atoms with Gasteiger partial charge in [-0.3, -0.25) is 4.79 Å². The maximum absolute atomic E-state index is 12.0. The van der Waals surface area contributed by atoms with Crippen molar-refractivity contribution in [2.45, 2.75) is 12.5 Å². The summed E-state index contributed by atoms with van der Waals surface area (Å²) in [6.45, 7) is -0.463. The number of sulfone groups is 1. The van der Waals surface area contributed by atoms with Crippen LogP contribution < -0.4 is 4.74 Å². The molecule has 0 radical (unpaired) electrons. The molecule has 0 aliphatic carbocycles. The van der Waals surface area contributed by atoms with Crippen LogP contribution in [0.15, 0.2) is 24.3 Å². The Bertz CT molecular complexity index is 816. The van der Waals surface area contributed by atoms with Crippen LogP contribution in [0.4, 0.5) is 0 Å². The van der Waals surface area contributed by atoms with Gasteiger partial charge in [0.05, 0.1) is 18.6 Å². The smallest absolute Gasteiger partial charge is 0.331 e. The summed E-state index contributed by atoms with van der Waals surface area (Å²) in [6.07, 6.45) is 3.00. The third-order valence-corrected chi connectivity index (χ3v) is 5.85. The molecule has 2 rings (SSSR count). The molecule has 0 saturated carbocycles. The fourth-order valence-electron chi connectivity index (χ4n) is 2.53. The predicted octanol–water partition coefficient (Wildman–Crippen LogP) is 0.603. The minimum Gasteiger partial charge on any atom is -0.504 e. The zero-order chi connectivity index (χ0) is 19.3. The molecule has 1 aliphatic heterocycles. The molecule has 0 unspecified atom stereocenters. The molecule has 0 spiro atoms. The molecule has 1 N–H and O–H groups in total. The number of esters is 1. The summed E-state index contributed by atoms with van der Waals surface area (Å²) in [7, 11) is -0.183. The SMILES string of the molecule is COc1cc(/C=C/C(=O)OCC(=O)N(C)[C@H]2CCS(=O)(=O)C2)ccc1O. The molecular formula is C17H21NO7S. The minimum absolute atomic E-state index is 0.0187. The number of benzene rings is 1. The third kappa shape index (κ3) is 5.22. The minimum atomic E-state index is -3.09. The summed E-state index contributed by atoms with van der Waals surface area (Å²) in [6, 6.07) is 4.17. The highest BCUT2D eigenvalue weighted by Gasteiger charge is 2.32. The van der Waals surface area contributed by atoms with Crippen LogP contribution in [0.2, 0.25) is 0 Å². The van der Waals surface area contributed by atoms with Crippen LogP contribution in [-0.2, 0) is 24.2 Å². The lowest BCUT2D eigenvalue weighted by molar-refractivity contribution is -0.148. The molecule has 8 nitrogen and oxygen atoms in total. The highest BCUT2D eigenvalue weighted by Crippen LogP contribution is 2.26. The number of aromatic hydroxyl groups is 1. The number of rotatable bonds is 6. The van der Waals surface area contributed by atoms with E-state index in [1.165, 1.54) is 31.2 Å². The van der Waals surface area contributed by atoms with E-state index in [4.69, 9.17) is 9.47 Å². The Morgan fingerprint density at radius 2 is 2.12 bits per heavy atom. The number of methoxy groups -OCH3 is 1. The normalized spacial score (nSPS) is 18.6. The van der Waals surface area contributed by atoms with Gasteiger partial charge in [-0.05, 0) is 30.2 Å². The summed E-state index contributed by atoms with van der Waals surface area (Å²) in [4.78, 5) is 25.1. The molecule has 0 aromatic heterocycles. The van der Waals surface area contributed by atoms with Gasteiger partial charge >= 0.3 is 5.97 Å². The third-order valence-electron chi connectivity index (χ3n) is 4.10. The lowest BCUT2D eigenvalue weighted by Crippen LogP contribution is -2.40. The van der Waals surface area contributed by atoms with Crippen molar-refractivity contribution in [3.63, 3.8) is 0 Å². The monoisotopic (exact) mass is 383 g/mol. The molecule has 26 heavy (non-hydrogen) atoms. The maximum atomic E-state index is 12.0. The Kier molecular flexibility index (Phi) is 6.25. The van der Waals surface area contributed by atoms with E-state index in [0.717, 1.165) is 6.08 Å². The van der Waals surface area contributed by atoms with E-state index in [1.54, 1.807) is 12.1 Å². The van der Waals surface area contributed by atoms with Crippen molar-refractivity contribution in [1.29, 1.82) is 0 Å². The van der Waals surface area contributed by atoms with E-state index in [9.17, 15) is 23.1 Å². The topological polar surface area (TPSA) is 110 Å². The molecule has 1 saturated heterocycles. The van der Waals surface area contributed by atoms with Gasteiger partial charge in [0.2, 0.25) is 0 Å². The van der Waals surface area contributed by atoms with Crippen molar-refractivity contribution in [3.8, 4) is 11.5 Å². The predicted molar refractivity (Wildman–Crippen MR) is 94.5 cm³/mol. The lowest BCUT2D eigenvalue weighted by Gasteiger charge is -2.22. The average molecular weight is 383 g/mol. The van der Waals surface area contributed by atoms with E-state index in [-0.39, 0.29) is 29.0 Å². The first-order valence-electron chi connectivity index (χ1n) is 7.90. The van der Waals surface area contributed by atoms with Gasteiger partial charge in [0.25, 0.3) is 5.91 Å². The van der Waals surface area contributed by atoms with Gasteiger partial charge in [0.15, 0.2) is 27.9 Å². The fraction of sp³-hybridized carbons (Fsp3) is 0.412. The number of hydrogen-bond acceptors (Lipinski definition) is 7. The number of nitrogens with zero attached hydrogens (tertiary/aromatic N) is 1. The molecule has 1 amide bonds. The number of hydrogen-bond donors (Lipinski definition) is 1. The largest absolute Gasteiger partial charge is 0.504 e. The molecule has 1 aliphatic rings. The molecule has 1 aromatic rings. The first-order valence-corrected chi connectivity index (χ1v) is 9.72. The number of phenols is 1. The summed E-state index contributed by atoms with van der Waals surface area (Å²) in [5.41, 5.74) is 0.608. The van der Waals surface area contributed by atoms with Gasteiger partial charge in [0.1, 0.15) is 0 Å². The van der Waals surface area contributed by atoms with Gasteiger partial charge in [-0.15, -0.1) is 0 Å². The Balaban J connectivity index is 1.85. The quantitative estimate of drug-likeness (QED) is 0.566. The number of carbonyl (C=O) groups is 2. The molecule has 1 atom stereocenters. The van der Waals surface area contributed by atoms with Crippen molar-refractivity contribution in [3.05, 3.63) is 29.8 Å². The fourth-order valence-corrected chi connectivity index (χ4v) is 4.30. The number of carbonyl (C=O) groups excluding carboxylic acids is 2. The second-order valence-electron chi connectivity index (χ2n) is 5.93. The Labute approximate surface area is 151 Å². The average Bonchev–Trinajstić information content (AvgIpc) is 2.98. The summed E-state index contributed by atoms with van der Waals surface area (Å²) in [5.74, 6) is -0.920. The van der Waals surface area contributed by atoms with E-state index in [2.05, 4.69) is 0 Å². The van der Waals surface area contributed by atoms with Gasteiger partial charge < -0.3 is 19.5 Å². The number of phenolic OH excluding ortho intramolecular Hbond substituents is 1. The highest BCUT2D eigenvalue weighted by molar-refractivity contribution is 7.91. The van der Waals surface area contributed by atoms with Crippen molar-refractivity contribution < 1.29 is 32.6 Å². The number of likely N-dealkylation sites (N-methyl/N-ethyl adjacent to an activating group) is 1. The molecule has 1 aromatic carbocycles. The zero-order valence-corrected chi connectivity index (χ0v) is 15.4. The van der Waals surface area contributed by atoms with Gasteiger partial charge in [-0.1, -0.05) is 6.07 Å². The lowest BCUT2D eigenvalue weighted by atomic mass is 10.2. The molecule has 9 heteroatoms. The Morgan fingerprint density at radius 3 is 2.73 bits per heavy atom. The first kappa shape index (κ1) is 19.8. The van der Waals surface area contributed by atoms with E-state index in [1.807, 2.05) is 0 Å². The number of ether oxygens (including phenoxy) is 2. The standard InChI is InChI=1S/C17H21NO7S/c1-18(13-7-8-26(22,23)11-13)16(20)10-25-17(21)6-4-12-3-5-14(19)15(9-12)24-2/h3-6,9,13,19H,7-8,10-11H2,1-2H3/b6-4+/t13-/m0/s1. The zero-order valence-electron chi connectivity index (χ0n) is 14.5. The van der Waals surface area contributed by atoms with Crippen LogP contribution in [0.25, 0.3) is 6.08 Å². The second-order valence-corrected chi connectivity index (χ2v) is 8.16. The summed E-state index contributed by atoms with van der Waals surface area (Å²) >= 11 is 0. The van der Waals surface area contributed by atoms with Crippen LogP contribution in [0.3, 0.4) is 0 Å². The molecule has 1 fully saturated rings. The van der Waals surface area contributed by atoms with Crippen LogP contribution >= 0.6 is 0 Å². The van der Waals surface area contributed by atoms with Crippen LogP contribution in [-0.4, -0.2) is 68.6 Å². The van der Waals surface area contributed by atoms with Gasteiger partial charge in [-0.25, -0.2) is 13.2 Å². The number of amides is 1. The van der Waals surface area contributed by atoms with E-state index >= 15 is 0 Å². The van der Waals surface area contributed by atoms with Crippen LogP contribution in [0.5, 0.6) is 11.5 Å². The summed E-state index contributed by atoms with van der Waals surface area (Å²) in [5, 5.41) is 9.51. The Hall–Kier alpha value is -2.55. The van der Waals surface area contributed by atoms with Crippen molar-refractivity contribution in [2.24, 2.45) is 0 Å². The van der Waals surface area contributed by atoms with Crippen molar-refractivity contribution in [1.82, 2.24) is 4.90 Å². The summed E-state index contributed by atoms with van der Waals surface area (Å²) < 4.78 is 32.8. The molecule has 1 heterocycles. The van der Waals surface area contributed by atoms with Crippen LogP contribution in [0.1, 0.15) is 12.0 Å². The molecular weight excluding hydrogens is 362 g/mol. The van der Waals surface area contributed by atoms with Gasteiger partial charge in [0, 0.05) is 19.2 Å². The maximum Gasteiger partial charge on any atom is 0.331 e. The van der Waals surface area contributed by atoms with E-state index < -0.39 is 28.3 Å². The van der Waals surface area contributed by atoms with Gasteiger partial charge in [-0.2, -0.15) is 0 Å². The Morgan fingerprint density at radius 1 is 1.38 bits per heavy atom. The molecule has 0 bridgehead atoms. The van der Waals surface area contributed by atoms with Crippen molar-refractivity contribution >= 4 is 27.8 Å². The van der Waals surface area contributed by atoms with Crippen molar-refractivity contribution in [2.75, 3.05) is 32.3 Å². The molecule has 142 valence electrons. The first-order chi connectivity index (χ1) is 12.2. The highest BCUT2D eigenvalue weighted by atomic mass is 32.2.